The van der Waals surface area contributed by atoms with Crippen LogP contribution in [-0.4, -0.2) is 31.9 Å². The third-order valence-electron chi connectivity index (χ3n) is 3.73. The number of aromatic amines is 1. The molecule has 0 spiro atoms. The normalized spacial score (nSPS) is 18.7. The molecule has 1 fully saturated rings. The molecule has 1 unspecified atom stereocenters. The number of aromatic nitrogens is 1. The van der Waals surface area contributed by atoms with Crippen molar-refractivity contribution in [2.24, 2.45) is 0 Å². The van der Waals surface area contributed by atoms with Gasteiger partial charge < -0.3 is 9.72 Å². The molecule has 118 valence electrons. The van der Waals surface area contributed by atoms with Gasteiger partial charge in [0.1, 0.15) is 0 Å². The summed E-state index contributed by atoms with van der Waals surface area (Å²) < 4.78 is 32.3. The highest BCUT2D eigenvalue weighted by molar-refractivity contribution is 7.92. The number of anilines is 1. The Morgan fingerprint density at radius 2 is 2.18 bits per heavy atom. The standard InChI is InChI=1S/C15H18N2O4S/c1-10-7-11-8-12(4-5-14(11)16-15(10)18)17-22(19,20)9-13-3-2-6-21-13/h4-5,7-8,13,17H,2-3,6,9H2,1H3,(H,16,18). The molecule has 7 heteroatoms. The zero-order valence-electron chi connectivity index (χ0n) is 12.3. The van der Waals surface area contributed by atoms with E-state index in [2.05, 4.69) is 9.71 Å². The number of fused-ring (bicyclic) bond motifs is 1. The Morgan fingerprint density at radius 3 is 2.91 bits per heavy atom. The average molecular weight is 322 g/mol. The van der Waals surface area contributed by atoms with Gasteiger partial charge >= 0.3 is 0 Å². The van der Waals surface area contributed by atoms with Gasteiger partial charge in [0.2, 0.25) is 10.0 Å². The summed E-state index contributed by atoms with van der Waals surface area (Å²) in [4.78, 5) is 14.3. The minimum atomic E-state index is -3.45. The molecule has 1 aromatic carbocycles. The molecular formula is C15H18N2O4S. The first-order chi connectivity index (χ1) is 10.4. The highest BCUT2D eigenvalue weighted by Crippen LogP contribution is 2.20. The first-order valence-corrected chi connectivity index (χ1v) is 8.84. The summed E-state index contributed by atoms with van der Waals surface area (Å²) in [5.74, 6) is -0.0321. The van der Waals surface area contributed by atoms with Crippen LogP contribution >= 0.6 is 0 Å². The summed E-state index contributed by atoms with van der Waals surface area (Å²) in [5, 5.41) is 0.786. The van der Waals surface area contributed by atoms with Crippen LogP contribution in [0.5, 0.6) is 0 Å². The molecule has 0 saturated carbocycles. The van der Waals surface area contributed by atoms with E-state index < -0.39 is 10.0 Å². The van der Waals surface area contributed by atoms with Crippen molar-refractivity contribution in [3.8, 4) is 0 Å². The predicted molar refractivity (Wildman–Crippen MR) is 85.7 cm³/mol. The number of benzene rings is 1. The van der Waals surface area contributed by atoms with Crippen molar-refractivity contribution in [2.75, 3.05) is 17.1 Å². The summed E-state index contributed by atoms with van der Waals surface area (Å²) in [6, 6.07) is 6.79. The number of ether oxygens (including phenoxy) is 1. The maximum absolute atomic E-state index is 12.2. The number of pyridine rings is 1. The largest absolute Gasteiger partial charge is 0.377 e. The minimum absolute atomic E-state index is 0.0321. The number of sulfonamides is 1. The second kappa shape index (κ2) is 5.73. The van der Waals surface area contributed by atoms with E-state index in [9.17, 15) is 13.2 Å². The van der Waals surface area contributed by atoms with Crippen LogP contribution in [0, 0.1) is 6.92 Å². The van der Waals surface area contributed by atoms with Crippen molar-refractivity contribution >= 4 is 26.6 Å². The van der Waals surface area contributed by atoms with E-state index in [1.807, 2.05) is 0 Å². The SMILES string of the molecule is Cc1cc2cc(NS(=O)(=O)CC3CCCO3)ccc2[nH]c1=O. The van der Waals surface area contributed by atoms with E-state index in [4.69, 9.17) is 4.74 Å². The number of H-pyrrole nitrogens is 1. The molecule has 1 atom stereocenters. The maximum Gasteiger partial charge on any atom is 0.251 e. The Morgan fingerprint density at radius 1 is 1.36 bits per heavy atom. The van der Waals surface area contributed by atoms with Crippen LogP contribution in [0.3, 0.4) is 0 Å². The fourth-order valence-electron chi connectivity index (χ4n) is 2.62. The van der Waals surface area contributed by atoms with Crippen molar-refractivity contribution in [2.45, 2.75) is 25.9 Å². The molecule has 0 amide bonds. The van der Waals surface area contributed by atoms with Crippen LogP contribution in [0.15, 0.2) is 29.1 Å². The first kappa shape index (κ1) is 15.1. The first-order valence-electron chi connectivity index (χ1n) is 7.19. The Labute approximate surface area is 128 Å². The molecule has 0 bridgehead atoms. The van der Waals surface area contributed by atoms with Crippen LogP contribution in [-0.2, 0) is 14.8 Å². The van der Waals surface area contributed by atoms with E-state index >= 15 is 0 Å². The third kappa shape index (κ3) is 3.31. The van der Waals surface area contributed by atoms with Gasteiger partial charge in [-0.3, -0.25) is 9.52 Å². The van der Waals surface area contributed by atoms with Gasteiger partial charge in [0.15, 0.2) is 0 Å². The maximum atomic E-state index is 12.2. The molecule has 0 radical (unpaired) electrons. The average Bonchev–Trinajstić information content (AvgIpc) is 2.92. The lowest BCUT2D eigenvalue weighted by Crippen LogP contribution is -2.25. The second-order valence-electron chi connectivity index (χ2n) is 5.60. The molecule has 1 aromatic heterocycles. The number of hydrogen-bond acceptors (Lipinski definition) is 4. The van der Waals surface area contributed by atoms with E-state index in [-0.39, 0.29) is 17.4 Å². The van der Waals surface area contributed by atoms with Crippen LogP contribution in [0.2, 0.25) is 0 Å². The van der Waals surface area contributed by atoms with Gasteiger partial charge in [0, 0.05) is 28.8 Å². The lowest BCUT2D eigenvalue weighted by molar-refractivity contribution is 0.127. The zero-order chi connectivity index (χ0) is 15.7. The fraction of sp³-hybridized carbons (Fsp3) is 0.400. The molecule has 2 heterocycles. The van der Waals surface area contributed by atoms with E-state index in [1.54, 1.807) is 31.2 Å². The lowest BCUT2D eigenvalue weighted by atomic mass is 10.1. The molecule has 1 saturated heterocycles. The number of nitrogens with one attached hydrogen (secondary N) is 2. The molecule has 22 heavy (non-hydrogen) atoms. The highest BCUT2D eigenvalue weighted by Gasteiger charge is 2.23. The third-order valence-corrected chi connectivity index (χ3v) is 5.09. The highest BCUT2D eigenvalue weighted by atomic mass is 32.2. The summed E-state index contributed by atoms with van der Waals surface area (Å²) in [5.41, 5.74) is 1.61. The monoisotopic (exact) mass is 322 g/mol. The van der Waals surface area contributed by atoms with Crippen molar-refractivity contribution in [3.05, 3.63) is 40.2 Å². The van der Waals surface area contributed by atoms with E-state index in [1.165, 1.54) is 0 Å². The van der Waals surface area contributed by atoms with Crippen molar-refractivity contribution in [1.82, 2.24) is 4.98 Å². The molecule has 3 rings (SSSR count). The zero-order valence-corrected chi connectivity index (χ0v) is 13.1. The van der Waals surface area contributed by atoms with E-state index in [0.717, 1.165) is 18.2 Å². The van der Waals surface area contributed by atoms with Gasteiger partial charge in [-0.05, 0) is 44.0 Å². The Balaban J connectivity index is 1.83. The smallest absolute Gasteiger partial charge is 0.251 e. The van der Waals surface area contributed by atoms with E-state index in [0.29, 0.717) is 23.4 Å². The Kier molecular flexibility index (Phi) is 3.92. The molecule has 1 aliphatic heterocycles. The van der Waals surface area contributed by atoms with Crippen LogP contribution < -0.4 is 10.3 Å². The van der Waals surface area contributed by atoms with Gasteiger partial charge in [0.05, 0.1) is 11.9 Å². The predicted octanol–water partition coefficient (Wildman–Crippen LogP) is 1.76. The summed E-state index contributed by atoms with van der Waals surface area (Å²) >= 11 is 0. The summed E-state index contributed by atoms with van der Waals surface area (Å²) in [6.45, 7) is 2.34. The lowest BCUT2D eigenvalue weighted by Gasteiger charge is -2.12. The van der Waals surface area contributed by atoms with Crippen molar-refractivity contribution < 1.29 is 13.2 Å². The van der Waals surface area contributed by atoms with Crippen molar-refractivity contribution in [1.29, 1.82) is 0 Å². The molecule has 1 aliphatic rings. The fourth-order valence-corrected chi connectivity index (χ4v) is 3.94. The molecule has 0 aliphatic carbocycles. The Bertz CT molecular complexity index is 851. The molecular weight excluding hydrogens is 304 g/mol. The van der Waals surface area contributed by atoms with Gasteiger partial charge in [0.25, 0.3) is 5.56 Å². The topological polar surface area (TPSA) is 88.3 Å². The number of aryl methyl sites for hydroxylation is 1. The van der Waals surface area contributed by atoms with Crippen LogP contribution in [0.25, 0.3) is 10.9 Å². The number of hydrogen-bond donors (Lipinski definition) is 2. The van der Waals surface area contributed by atoms with Gasteiger partial charge in [-0.1, -0.05) is 0 Å². The quantitative estimate of drug-likeness (QED) is 0.898. The van der Waals surface area contributed by atoms with Crippen LogP contribution in [0.1, 0.15) is 18.4 Å². The molecule has 6 nitrogen and oxygen atoms in total. The molecule has 2 aromatic rings. The van der Waals surface area contributed by atoms with Gasteiger partial charge in [-0.25, -0.2) is 8.42 Å². The van der Waals surface area contributed by atoms with Crippen LogP contribution in [0.4, 0.5) is 5.69 Å². The molecule has 2 N–H and O–H groups in total. The second-order valence-corrected chi connectivity index (χ2v) is 7.37. The summed E-state index contributed by atoms with van der Waals surface area (Å²) in [6.07, 6.45) is 1.46. The minimum Gasteiger partial charge on any atom is -0.377 e. The van der Waals surface area contributed by atoms with Gasteiger partial charge in [-0.15, -0.1) is 0 Å². The van der Waals surface area contributed by atoms with Gasteiger partial charge in [-0.2, -0.15) is 0 Å². The summed E-state index contributed by atoms with van der Waals surface area (Å²) in [7, 11) is -3.45. The Hall–Kier alpha value is -1.86. The van der Waals surface area contributed by atoms with Crippen molar-refractivity contribution in [3.63, 3.8) is 0 Å². The number of rotatable bonds is 4.